The molecule has 0 aliphatic rings. The summed E-state index contributed by atoms with van der Waals surface area (Å²) >= 11 is 0. The standard InChI is InChI=1S/C14H21BN2O2/c1-4-5-11-6-7-12(10(2)13(11)15-18)19-9-14(3,17)8-16/h6-7,15,18H,4-5,9,17H2,1-3H3. The Morgan fingerprint density at radius 1 is 1.53 bits per heavy atom. The summed E-state index contributed by atoms with van der Waals surface area (Å²) in [6, 6.07) is 5.85. The summed E-state index contributed by atoms with van der Waals surface area (Å²) in [5, 5.41) is 18.4. The van der Waals surface area contributed by atoms with Gasteiger partial charge in [0.25, 0.3) is 0 Å². The molecule has 1 aromatic rings. The normalized spacial score (nSPS) is 13.5. The number of nitriles is 1. The van der Waals surface area contributed by atoms with E-state index >= 15 is 0 Å². The van der Waals surface area contributed by atoms with Gasteiger partial charge in [-0.05, 0) is 37.4 Å². The fourth-order valence-electron chi connectivity index (χ4n) is 1.93. The van der Waals surface area contributed by atoms with Crippen molar-refractivity contribution in [3.05, 3.63) is 23.3 Å². The van der Waals surface area contributed by atoms with E-state index in [2.05, 4.69) is 6.92 Å². The van der Waals surface area contributed by atoms with Gasteiger partial charge in [-0.2, -0.15) is 5.26 Å². The third kappa shape index (κ3) is 3.98. The molecule has 3 N–H and O–H groups in total. The Morgan fingerprint density at radius 3 is 2.74 bits per heavy atom. The predicted molar refractivity (Wildman–Crippen MR) is 77.9 cm³/mol. The number of hydrogen-bond donors (Lipinski definition) is 2. The fourth-order valence-corrected chi connectivity index (χ4v) is 1.93. The number of benzene rings is 1. The Morgan fingerprint density at radius 2 is 2.21 bits per heavy atom. The Bertz CT molecular complexity index is 481. The number of ether oxygens (including phenoxy) is 1. The maximum absolute atomic E-state index is 9.49. The van der Waals surface area contributed by atoms with E-state index in [-0.39, 0.29) is 14.1 Å². The summed E-state index contributed by atoms with van der Waals surface area (Å²) in [6.07, 6.45) is 1.96. The minimum Gasteiger partial charge on any atom is -0.490 e. The first-order chi connectivity index (χ1) is 8.95. The van der Waals surface area contributed by atoms with Gasteiger partial charge in [-0.25, -0.2) is 0 Å². The van der Waals surface area contributed by atoms with Crippen molar-refractivity contribution >= 4 is 12.9 Å². The van der Waals surface area contributed by atoms with Gasteiger partial charge in [-0.1, -0.05) is 25.0 Å². The van der Waals surface area contributed by atoms with Crippen molar-refractivity contribution < 1.29 is 9.76 Å². The second-order valence-corrected chi connectivity index (χ2v) is 5.05. The Labute approximate surface area is 115 Å². The summed E-state index contributed by atoms with van der Waals surface area (Å²) in [6.45, 7) is 5.77. The number of nitrogens with zero attached hydrogens (tertiary/aromatic N) is 1. The summed E-state index contributed by atoms with van der Waals surface area (Å²) in [7, 11) is -0.00346. The summed E-state index contributed by atoms with van der Waals surface area (Å²) in [5.74, 6) is 0.677. The zero-order chi connectivity index (χ0) is 14.5. The molecule has 5 heteroatoms. The Hall–Kier alpha value is -1.51. The maximum Gasteiger partial charge on any atom is 0.305 e. The van der Waals surface area contributed by atoms with Crippen LogP contribution in [0.1, 0.15) is 31.4 Å². The van der Waals surface area contributed by atoms with E-state index in [0.717, 1.165) is 29.4 Å². The largest absolute Gasteiger partial charge is 0.490 e. The van der Waals surface area contributed by atoms with E-state index in [4.69, 9.17) is 15.7 Å². The van der Waals surface area contributed by atoms with E-state index < -0.39 is 5.54 Å². The molecule has 0 aliphatic carbocycles. The third-order valence-corrected chi connectivity index (χ3v) is 3.11. The molecule has 0 fully saturated rings. The van der Waals surface area contributed by atoms with Crippen LogP contribution in [0.2, 0.25) is 0 Å². The van der Waals surface area contributed by atoms with Crippen molar-refractivity contribution in [2.24, 2.45) is 5.73 Å². The molecule has 0 amide bonds. The molecule has 0 aliphatic heterocycles. The zero-order valence-corrected chi connectivity index (χ0v) is 11.9. The van der Waals surface area contributed by atoms with Crippen LogP contribution in [0.3, 0.4) is 0 Å². The van der Waals surface area contributed by atoms with Crippen LogP contribution in [0.4, 0.5) is 0 Å². The van der Waals surface area contributed by atoms with Crippen LogP contribution in [-0.2, 0) is 6.42 Å². The lowest BCUT2D eigenvalue weighted by atomic mass is 9.79. The molecule has 4 nitrogen and oxygen atoms in total. The molecule has 19 heavy (non-hydrogen) atoms. The topological polar surface area (TPSA) is 79.3 Å². The quantitative estimate of drug-likeness (QED) is 0.731. The second-order valence-electron chi connectivity index (χ2n) is 5.05. The zero-order valence-electron chi connectivity index (χ0n) is 11.9. The molecule has 0 bridgehead atoms. The molecule has 0 saturated heterocycles. The van der Waals surface area contributed by atoms with Crippen LogP contribution in [0, 0.1) is 18.3 Å². The van der Waals surface area contributed by atoms with Gasteiger partial charge in [0, 0.05) is 0 Å². The summed E-state index contributed by atoms with van der Waals surface area (Å²) in [5.41, 5.74) is 7.70. The van der Waals surface area contributed by atoms with Crippen LogP contribution in [0.15, 0.2) is 12.1 Å². The molecule has 0 heterocycles. The summed E-state index contributed by atoms with van der Waals surface area (Å²) in [4.78, 5) is 0. The first-order valence-electron chi connectivity index (χ1n) is 6.50. The van der Waals surface area contributed by atoms with E-state index in [0.29, 0.717) is 5.75 Å². The molecule has 0 spiro atoms. The van der Waals surface area contributed by atoms with Crippen LogP contribution in [0.25, 0.3) is 0 Å². The monoisotopic (exact) mass is 260 g/mol. The molecule has 1 unspecified atom stereocenters. The molecule has 0 aromatic heterocycles. The minimum atomic E-state index is -1.01. The lowest BCUT2D eigenvalue weighted by Gasteiger charge is -2.19. The maximum atomic E-state index is 9.49. The highest BCUT2D eigenvalue weighted by atomic mass is 16.5. The molecule has 1 rings (SSSR count). The molecule has 1 atom stereocenters. The van der Waals surface area contributed by atoms with Gasteiger partial charge in [0.15, 0.2) is 0 Å². The van der Waals surface area contributed by atoms with E-state index in [1.807, 2.05) is 25.1 Å². The molecular formula is C14H21BN2O2. The summed E-state index contributed by atoms with van der Waals surface area (Å²) < 4.78 is 5.61. The molecule has 102 valence electrons. The lowest BCUT2D eigenvalue weighted by Crippen LogP contribution is -2.41. The van der Waals surface area contributed by atoms with Gasteiger partial charge in [0.05, 0.1) is 6.07 Å². The molecule has 1 aromatic carbocycles. The average molecular weight is 260 g/mol. The number of hydrogen-bond acceptors (Lipinski definition) is 4. The highest BCUT2D eigenvalue weighted by Gasteiger charge is 2.19. The second kappa shape index (κ2) is 6.60. The van der Waals surface area contributed by atoms with Crippen molar-refractivity contribution in [2.75, 3.05) is 6.61 Å². The van der Waals surface area contributed by atoms with Gasteiger partial charge in [-0.3, -0.25) is 0 Å². The number of rotatable bonds is 6. The van der Waals surface area contributed by atoms with Crippen LogP contribution >= 0.6 is 0 Å². The third-order valence-electron chi connectivity index (χ3n) is 3.11. The van der Waals surface area contributed by atoms with E-state index in [9.17, 15) is 5.02 Å². The van der Waals surface area contributed by atoms with Gasteiger partial charge >= 0.3 is 7.48 Å². The van der Waals surface area contributed by atoms with Crippen LogP contribution in [-0.4, -0.2) is 24.7 Å². The average Bonchev–Trinajstić information content (AvgIpc) is 2.38. The lowest BCUT2D eigenvalue weighted by molar-refractivity contribution is 0.263. The van der Waals surface area contributed by atoms with E-state index in [1.165, 1.54) is 0 Å². The highest BCUT2D eigenvalue weighted by molar-refractivity contribution is 6.47. The molecule has 0 saturated carbocycles. The SMILES string of the molecule is CCCc1ccc(OCC(C)(N)C#N)c(C)c1BO. The van der Waals surface area contributed by atoms with Crippen molar-refractivity contribution in [2.45, 2.75) is 39.2 Å². The molecule has 0 radical (unpaired) electrons. The Balaban J connectivity index is 2.95. The number of aryl methyl sites for hydroxylation is 1. The fraction of sp³-hybridized carbons (Fsp3) is 0.500. The van der Waals surface area contributed by atoms with Crippen molar-refractivity contribution in [3.63, 3.8) is 0 Å². The van der Waals surface area contributed by atoms with Crippen LogP contribution in [0.5, 0.6) is 5.75 Å². The first kappa shape index (κ1) is 15.6. The smallest absolute Gasteiger partial charge is 0.305 e. The Kier molecular flexibility index (Phi) is 5.40. The first-order valence-corrected chi connectivity index (χ1v) is 6.50. The van der Waals surface area contributed by atoms with Crippen molar-refractivity contribution in [1.29, 1.82) is 5.26 Å². The van der Waals surface area contributed by atoms with Crippen molar-refractivity contribution in [3.8, 4) is 11.8 Å². The molecular weight excluding hydrogens is 239 g/mol. The van der Waals surface area contributed by atoms with E-state index in [1.54, 1.807) is 6.92 Å². The highest BCUT2D eigenvalue weighted by Crippen LogP contribution is 2.19. The van der Waals surface area contributed by atoms with Crippen LogP contribution < -0.4 is 15.9 Å². The van der Waals surface area contributed by atoms with Gasteiger partial charge in [0.1, 0.15) is 17.9 Å². The van der Waals surface area contributed by atoms with Gasteiger partial charge in [-0.15, -0.1) is 0 Å². The predicted octanol–water partition coefficient (Wildman–Crippen LogP) is 0.536. The number of nitrogens with two attached hydrogens (primary N) is 1. The minimum absolute atomic E-state index is 0.00346. The van der Waals surface area contributed by atoms with Crippen molar-refractivity contribution in [1.82, 2.24) is 0 Å². The van der Waals surface area contributed by atoms with Gasteiger partial charge < -0.3 is 15.5 Å². The van der Waals surface area contributed by atoms with Gasteiger partial charge in [0.2, 0.25) is 0 Å².